The lowest BCUT2D eigenvalue weighted by atomic mass is 10.2. The minimum Gasteiger partial charge on any atom is -0.479 e. The maximum Gasteiger partial charge on any atom is 0.282 e. The summed E-state index contributed by atoms with van der Waals surface area (Å²) in [6.07, 6.45) is 6.76. The van der Waals surface area contributed by atoms with Gasteiger partial charge in [-0.1, -0.05) is 33.5 Å². The van der Waals surface area contributed by atoms with E-state index in [1.54, 1.807) is 31.2 Å². The van der Waals surface area contributed by atoms with Gasteiger partial charge in [0.05, 0.1) is 21.6 Å². The van der Waals surface area contributed by atoms with Crippen molar-refractivity contribution in [3.63, 3.8) is 0 Å². The summed E-state index contributed by atoms with van der Waals surface area (Å²) >= 11 is 12.9. The van der Waals surface area contributed by atoms with Gasteiger partial charge in [-0.25, -0.2) is 4.98 Å². The zero-order valence-electron chi connectivity index (χ0n) is 14.0. The topological polar surface area (TPSA) is 56.5 Å². The molecule has 3 aromatic rings. The number of halogens is 3. The Balaban J connectivity index is 2.12. The van der Waals surface area contributed by atoms with Crippen LogP contribution in [0.1, 0.15) is 11.4 Å². The molecule has 0 bridgehead atoms. The van der Waals surface area contributed by atoms with Gasteiger partial charge in [-0.3, -0.25) is 4.79 Å². The molecule has 0 saturated heterocycles. The van der Waals surface area contributed by atoms with Gasteiger partial charge in [0.2, 0.25) is 0 Å². The smallest absolute Gasteiger partial charge is 0.282 e. The SMILES string of the molecule is C#CCOc1c(Br)cc(Cl)cc1C=Nn1c(C)nc2ccc(Br)cc2c1=O. The summed E-state index contributed by atoms with van der Waals surface area (Å²) in [5.74, 6) is 3.36. The molecule has 0 saturated carbocycles. The van der Waals surface area contributed by atoms with E-state index in [0.29, 0.717) is 37.5 Å². The highest BCUT2D eigenvalue weighted by Gasteiger charge is 2.11. The van der Waals surface area contributed by atoms with Crippen LogP contribution in [0.25, 0.3) is 10.9 Å². The van der Waals surface area contributed by atoms with E-state index in [4.69, 9.17) is 22.8 Å². The van der Waals surface area contributed by atoms with Crippen LogP contribution in [-0.4, -0.2) is 22.5 Å². The fourth-order valence-corrected chi connectivity index (χ4v) is 3.77. The first-order chi connectivity index (χ1) is 12.9. The molecule has 0 aliphatic rings. The summed E-state index contributed by atoms with van der Waals surface area (Å²) in [5.41, 5.74) is 0.906. The van der Waals surface area contributed by atoms with E-state index in [-0.39, 0.29) is 12.2 Å². The molecule has 3 rings (SSSR count). The summed E-state index contributed by atoms with van der Waals surface area (Å²) < 4.78 is 8.22. The Labute approximate surface area is 177 Å². The summed E-state index contributed by atoms with van der Waals surface area (Å²) in [5, 5.41) is 5.24. The van der Waals surface area contributed by atoms with E-state index < -0.39 is 0 Å². The molecule has 1 aromatic heterocycles. The van der Waals surface area contributed by atoms with Crippen molar-refractivity contribution < 1.29 is 4.74 Å². The number of terminal acetylenes is 1. The van der Waals surface area contributed by atoms with E-state index >= 15 is 0 Å². The molecular weight excluding hydrogens is 497 g/mol. The molecule has 8 heteroatoms. The monoisotopic (exact) mass is 507 g/mol. The van der Waals surface area contributed by atoms with Crippen molar-refractivity contribution in [1.82, 2.24) is 9.66 Å². The molecule has 0 aliphatic heterocycles. The summed E-state index contributed by atoms with van der Waals surface area (Å²) in [4.78, 5) is 17.2. The van der Waals surface area contributed by atoms with Crippen LogP contribution in [0.3, 0.4) is 0 Å². The lowest BCUT2D eigenvalue weighted by Gasteiger charge is -2.10. The number of nitrogens with zero attached hydrogens (tertiary/aromatic N) is 3. The highest BCUT2D eigenvalue weighted by Crippen LogP contribution is 2.32. The average Bonchev–Trinajstić information content (AvgIpc) is 2.61. The third-order valence-electron chi connectivity index (χ3n) is 3.62. The molecule has 0 radical (unpaired) electrons. The molecular formula is C19H12Br2ClN3O2. The van der Waals surface area contributed by atoms with Gasteiger partial charge in [-0.15, -0.1) is 6.42 Å². The first-order valence-corrected chi connectivity index (χ1v) is 9.65. The number of aryl methyl sites for hydroxylation is 1. The Hall–Kier alpha value is -2.14. The Morgan fingerprint density at radius 2 is 2.15 bits per heavy atom. The first-order valence-electron chi connectivity index (χ1n) is 7.69. The molecule has 1 heterocycles. The van der Waals surface area contributed by atoms with E-state index in [0.717, 1.165) is 4.47 Å². The van der Waals surface area contributed by atoms with Crippen LogP contribution in [0.15, 0.2) is 49.2 Å². The van der Waals surface area contributed by atoms with Crippen molar-refractivity contribution in [1.29, 1.82) is 0 Å². The molecule has 0 unspecified atom stereocenters. The number of hydrogen-bond acceptors (Lipinski definition) is 4. The van der Waals surface area contributed by atoms with Crippen LogP contribution in [0.5, 0.6) is 5.75 Å². The Morgan fingerprint density at radius 1 is 1.37 bits per heavy atom. The Morgan fingerprint density at radius 3 is 2.89 bits per heavy atom. The van der Waals surface area contributed by atoms with Gasteiger partial charge in [0.25, 0.3) is 5.56 Å². The van der Waals surface area contributed by atoms with Crippen LogP contribution in [-0.2, 0) is 0 Å². The fraction of sp³-hybridized carbons (Fsp3) is 0.105. The van der Waals surface area contributed by atoms with Gasteiger partial charge in [0, 0.05) is 15.1 Å². The minimum atomic E-state index is -0.276. The van der Waals surface area contributed by atoms with Crippen molar-refractivity contribution in [2.45, 2.75) is 6.92 Å². The fourth-order valence-electron chi connectivity index (χ4n) is 2.46. The second-order valence-corrected chi connectivity index (χ2v) is 7.69. The normalized spacial score (nSPS) is 11.1. The van der Waals surface area contributed by atoms with E-state index in [2.05, 4.69) is 47.9 Å². The lowest BCUT2D eigenvalue weighted by molar-refractivity contribution is 0.367. The molecule has 5 nitrogen and oxygen atoms in total. The molecule has 0 atom stereocenters. The van der Waals surface area contributed by atoms with Gasteiger partial charge in [0.15, 0.2) is 0 Å². The summed E-state index contributed by atoms with van der Waals surface area (Å²) in [7, 11) is 0. The molecule has 136 valence electrons. The first kappa shape index (κ1) is 19.6. The van der Waals surface area contributed by atoms with Gasteiger partial charge in [-0.05, 0) is 53.2 Å². The highest BCUT2D eigenvalue weighted by molar-refractivity contribution is 9.10. The summed E-state index contributed by atoms with van der Waals surface area (Å²) in [6.45, 7) is 1.80. The standard InChI is InChI=1S/C19H12Br2ClN3O2/c1-3-6-27-18-12(7-14(22)9-16(18)21)10-23-25-11(2)24-17-5-4-13(20)8-15(17)19(25)26/h1,4-5,7-10H,6H2,2H3. The molecule has 0 N–H and O–H groups in total. The Kier molecular flexibility index (Phi) is 6.00. The van der Waals surface area contributed by atoms with Crippen LogP contribution in [0.2, 0.25) is 5.02 Å². The Bertz CT molecular complexity index is 1170. The molecule has 27 heavy (non-hydrogen) atoms. The van der Waals surface area contributed by atoms with Gasteiger partial charge in [0.1, 0.15) is 18.2 Å². The predicted molar refractivity (Wildman–Crippen MR) is 115 cm³/mol. The molecule has 2 aromatic carbocycles. The maximum atomic E-state index is 12.8. The van der Waals surface area contributed by atoms with E-state index in [1.807, 2.05) is 6.07 Å². The van der Waals surface area contributed by atoms with E-state index in [9.17, 15) is 4.79 Å². The number of ether oxygens (including phenoxy) is 1. The minimum absolute atomic E-state index is 0.0889. The van der Waals surface area contributed by atoms with Gasteiger partial charge < -0.3 is 4.74 Å². The quantitative estimate of drug-likeness (QED) is 0.376. The second-order valence-electron chi connectivity index (χ2n) is 5.48. The number of hydrogen-bond donors (Lipinski definition) is 0. The second kappa shape index (κ2) is 8.26. The predicted octanol–water partition coefficient (Wildman–Crippen LogP) is 4.78. The molecule has 0 amide bonds. The van der Waals surface area contributed by atoms with Crippen LogP contribution in [0, 0.1) is 19.3 Å². The van der Waals surface area contributed by atoms with Gasteiger partial charge in [-0.2, -0.15) is 9.78 Å². The number of benzene rings is 2. The number of rotatable bonds is 4. The van der Waals surface area contributed by atoms with Crippen molar-refractivity contribution in [3.05, 3.63) is 66.0 Å². The third-order valence-corrected chi connectivity index (χ3v) is 4.92. The zero-order valence-corrected chi connectivity index (χ0v) is 18.0. The van der Waals surface area contributed by atoms with Crippen molar-refractivity contribution in [3.8, 4) is 18.1 Å². The van der Waals surface area contributed by atoms with Crippen LogP contribution < -0.4 is 10.3 Å². The average molecular weight is 510 g/mol. The van der Waals surface area contributed by atoms with Crippen molar-refractivity contribution >= 4 is 60.6 Å². The van der Waals surface area contributed by atoms with Crippen molar-refractivity contribution in [2.75, 3.05) is 6.61 Å². The largest absolute Gasteiger partial charge is 0.479 e. The van der Waals surface area contributed by atoms with Gasteiger partial charge >= 0.3 is 0 Å². The van der Waals surface area contributed by atoms with E-state index in [1.165, 1.54) is 10.9 Å². The van der Waals surface area contributed by atoms with Crippen LogP contribution in [0.4, 0.5) is 0 Å². The lowest BCUT2D eigenvalue weighted by Crippen LogP contribution is -2.20. The maximum absolute atomic E-state index is 12.8. The molecule has 0 spiro atoms. The zero-order chi connectivity index (χ0) is 19.6. The third kappa shape index (κ3) is 4.24. The molecule has 0 fully saturated rings. The van der Waals surface area contributed by atoms with Crippen molar-refractivity contribution in [2.24, 2.45) is 5.10 Å². The highest BCUT2D eigenvalue weighted by atomic mass is 79.9. The number of aromatic nitrogens is 2. The summed E-state index contributed by atoms with van der Waals surface area (Å²) in [6, 6.07) is 8.69. The van der Waals surface area contributed by atoms with Crippen LogP contribution >= 0.6 is 43.5 Å². The molecule has 0 aliphatic carbocycles. The number of fused-ring (bicyclic) bond motifs is 1.